The van der Waals surface area contributed by atoms with Crippen molar-refractivity contribution in [3.05, 3.63) is 0 Å². The van der Waals surface area contributed by atoms with Gasteiger partial charge in [-0.05, 0) is 63.2 Å². The smallest absolute Gasteiger partial charge is 0.0619 e. The second-order valence-electron chi connectivity index (χ2n) is 6.85. The molecule has 0 aromatic carbocycles. The summed E-state index contributed by atoms with van der Waals surface area (Å²) in [5, 5.41) is 20.3. The van der Waals surface area contributed by atoms with Crippen molar-refractivity contribution in [3.63, 3.8) is 0 Å². The number of rotatable bonds is 1. The predicted molar refractivity (Wildman–Crippen MR) is 65.1 cm³/mol. The molecule has 16 heavy (non-hydrogen) atoms. The fourth-order valence-electron chi connectivity index (χ4n) is 3.89. The van der Waals surface area contributed by atoms with Crippen molar-refractivity contribution >= 4 is 0 Å². The molecule has 2 fully saturated rings. The van der Waals surface area contributed by atoms with Crippen molar-refractivity contribution < 1.29 is 10.2 Å². The van der Waals surface area contributed by atoms with Gasteiger partial charge in [0.15, 0.2) is 0 Å². The van der Waals surface area contributed by atoms with Crippen LogP contribution in [0, 0.1) is 17.3 Å². The van der Waals surface area contributed by atoms with E-state index in [4.69, 9.17) is 0 Å². The number of aliphatic hydroxyl groups excluding tert-OH is 1. The summed E-state index contributed by atoms with van der Waals surface area (Å²) in [6, 6.07) is 0. The van der Waals surface area contributed by atoms with Gasteiger partial charge in [-0.25, -0.2) is 0 Å². The first-order valence-electron chi connectivity index (χ1n) is 6.73. The van der Waals surface area contributed by atoms with E-state index in [-0.39, 0.29) is 6.10 Å². The van der Waals surface area contributed by atoms with Gasteiger partial charge < -0.3 is 10.2 Å². The highest BCUT2D eigenvalue weighted by molar-refractivity contribution is 4.98. The normalized spacial score (nSPS) is 45.2. The minimum Gasteiger partial charge on any atom is -0.393 e. The molecule has 2 N–H and O–H groups in total. The van der Waals surface area contributed by atoms with Crippen molar-refractivity contribution in [2.45, 2.75) is 71.0 Å². The highest BCUT2D eigenvalue weighted by Crippen LogP contribution is 2.53. The Bertz CT molecular complexity index is 256. The maximum atomic E-state index is 10.2. The first-order chi connectivity index (χ1) is 7.33. The minimum absolute atomic E-state index is 0.135. The van der Waals surface area contributed by atoms with Gasteiger partial charge in [0.1, 0.15) is 0 Å². The van der Waals surface area contributed by atoms with Gasteiger partial charge in [0.25, 0.3) is 0 Å². The molecule has 2 aliphatic carbocycles. The van der Waals surface area contributed by atoms with E-state index >= 15 is 0 Å². The molecule has 4 atom stereocenters. The summed E-state index contributed by atoms with van der Waals surface area (Å²) in [6.07, 6.45) is 6.53. The Labute approximate surface area is 99.1 Å². The Morgan fingerprint density at radius 3 is 2.50 bits per heavy atom. The van der Waals surface area contributed by atoms with Crippen LogP contribution in [0.4, 0.5) is 0 Å². The Kier molecular flexibility index (Phi) is 3.09. The van der Waals surface area contributed by atoms with E-state index in [1.807, 2.05) is 13.8 Å². The summed E-state index contributed by atoms with van der Waals surface area (Å²) >= 11 is 0. The summed E-state index contributed by atoms with van der Waals surface area (Å²) in [4.78, 5) is 0. The van der Waals surface area contributed by atoms with Gasteiger partial charge in [-0.1, -0.05) is 13.3 Å². The van der Waals surface area contributed by atoms with Crippen molar-refractivity contribution in [3.8, 4) is 0 Å². The molecule has 0 heterocycles. The van der Waals surface area contributed by atoms with Crippen LogP contribution in [0.1, 0.15) is 59.3 Å². The first kappa shape index (κ1) is 12.4. The molecule has 0 radical (unpaired) electrons. The zero-order chi connectivity index (χ0) is 12.0. The van der Waals surface area contributed by atoms with Gasteiger partial charge in [0.05, 0.1) is 11.7 Å². The molecule has 2 aliphatic rings. The summed E-state index contributed by atoms with van der Waals surface area (Å²) in [5.74, 6) is 0.768. The van der Waals surface area contributed by atoms with Gasteiger partial charge >= 0.3 is 0 Å². The van der Waals surface area contributed by atoms with E-state index in [0.29, 0.717) is 17.3 Å². The monoisotopic (exact) mass is 226 g/mol. The summed E-state index contributed by atoms with van der Waals surface area (Å²) in [7, 11) is 0. The third kappa shape index (κ3) is 2.14. The van der Waals surface area contributed by atoms with Gasteiger partial charge in [-0.2, -0.15) is 0 Å². The van der Waals surface area contributed by atoms with E-state index in [0.717, 1.165) is 19.3 Å². The van der Waals surface area contributed by atoms with Gasteiger partial charge in [-0.3, -0.25) is 0 Å². The summed E-state index contributed by atoms with van der Waals surface area (Å²) in [6.45, 7) is 6.16. The van der Waals surface area contributed by atoms with Crippen LogP contribution in [0.3, 0.4) is 0 Å². The zero-order valence-corrected chi connectivity index (χ0v) is 10.9. The number of hydrogen-bond acceptors (Lipinski definition) is 2. The molecular formula is C14H26O2. The van der Waals surface area contributed by atoms with Crippen molar-refractivity contribution in [1.82, 2.24) is 0 Å². The molecule has 2 nitrogen and oxygen atoms in total. The standard InChI is InChI=1S/C14H26O2/c1-13(2,16)10-6-8-14(3)7-4-5-12(15)11(14)9-10/h10-12,15-16H,4-9H2,1-3H3/t10-,11+,12+,14-/m1/s1. The molecule has 2 saturated carbocycles. The summed E-state index contributed by atoms with van der Waals surface area (Å²) in [5.41, 5.74) is -0.252. The van der Waals surface area contributed by atoms with Gasteiger partial charge in [0, 0.05) is 0 Å². The van der Waals surface area contributed by atoms with Gasteiger partial charge in [-0.15, -0.1) is 0 Å². The van der Waals surface area contributed by atoms with E-state index in [1.165, 1.54) is 19.3 Å². The van der Waals surface area contributed by atoms with Crippen molar-refractivity contribution in [2.24, 2.45) is 17.3 Å². The number of aliphatic hydroxyl groups is 2. The molecule has 2 rings (SSSR count). The SMILES string of the molecule is CC(C)(O)[C@@H]1CC[C@@]2(C)CCC[C@H](O)[C@@H]2C1. The Morgan fingerprint density at radius 1 is 1.19 bits per heavy atom. The average molecular weight is 226 g/mol. The van der Waals surface area contributed by atoms with Crippen LogP contribution < -0.4 is 0 Å². The fourth-order valence-corrected chi connectivity index (χ4v) is 3.89. The van der Waals surface area contributed by atoms with Crippen LogP contribution in [-0.4, -0.2) is 21.9 Å². The highest BCUT2D eigenvalue weighted by Gasteiger charge is 2.47. The molecule has 0 bridgehead atoms. The summed E-state index contributed by atoms with van der Waals surface area (Å²) < 4.78 is 0. The molecule has 0 aliphatic heterocycles. The molecular weight excluding hydrogens is 200 g/mol. The maximum Gasteiger partial charge on any atom is 0.0619 e. The minimum atomic E-state index is -0.585. The third-order valence-corrected chi connectivity index (χ3v) is 5.21. The maximum absolute atomic E-state index is 10.2. The molecule has 0 aromatic heterocycles. The van der Waals surface area contributed by atoms with Crippen LogP contribution in [-0.2, 0) is 0 Å². The topological polar surface area (TPSA) is 40.5 Å². The average Bonchev–Trinajstić information content (AvgIpc) is 2.15. The van der Waals surface area contributed by atoms with Crippen molar-refractivity contribution in [1.29, 1.82) is 0 Å². The number of fused-ring (bicyclic) bond motifs is 1. The highest BCUT2D eigenvalue weighted by atomic mass is 16.3. The predicted octanol–water partition coefficient (Wildman–Crippen LogP) is 2.72. The van der Waals surface area contributed by atoms with Crippen LogP contribution in [0.5, 0.6) is 0 Å². The molecule has 0 unspecified atom stereocenters. The lowest BCUT2D eigenvalue weighted by molar-refractivity contribution is -0.0964. The quantitative estimate of drug-likeness (QED) is 0.721. The van der Waals surface area contributed by atoms with Gasteiger partial charge in [0.2, 0.25) is 0 Å². The fraction of sp³-hybridized carbons (Fsp3) is 1.00. The van der Waals surface area contributed by atoms with Crippen LogP contribution in [0.15, 0.2) is 0 Å². The van der Waals surface area contributed by atoms with E-state index in [2.05, 4.69) is 6.92 Å². The molecule has 0 saturated heterocycles. The molecule has 0 spiro atoms. The van der Waals surface area contributed by atoms with Crippen LogP contribution in [0.2, 0.25) is 0 Å². The Balaban J connectivity index is 2.12. The Morgan fingerprint density at radius 2 is 1.88 bits per heavy atom. The molecule has 0 amide bonds. The van der Waals surface area contributed by atoms with E-state index in [9.17, 15) is 10.2 Å². The lowest BCUT2D eigenvalue weighted by Gasteiger charge is -2.51. The van der Waals surface area contributed by atoms with Crippen molar-refractivity contribution in [2.75, 3.05) is 0 Å². The Hall–Kier alpha value is -0.0800. The van der Waals surface area contributed by atoms with Crippen LogP contribution >= 0.6 is 0 Å². The first-order valence-corrected chi connectivity index (χ1v) is 6.73. The lowest BCUT2D eigenvalue weighted by Crippen LogP contribution is -2.48. The molecule has 2 heteroatoms. The lowest BCUT2D eigenvalue weighted by atomic mass is 9.55. The van der Waals surface area contributed by atoms with E-state index in [1.54, 1.807) is 0 Å². The number of hydrogen-bond donors (Lipinski definition) is 2. The van der Waals surface area contributed by atoms with Crippen LogP contribution in [0.25, 0.3) is 0 Å². The van der Waals surface area contributed by atoms with E-state index < -0.39 is 5.60 Å². The zero-order valence-electron chi connectivity index (χ0n) is 10.9. The second kappa shape index (κ2) is 3.99. The molecule has 94 valence electrons. The second-order valence-corrected chi connectivity index (χ2v) is 6.85. The third-order valence-electron chi connectivity index (χ3n) is 5.21. The largest absolute Gasteiger partial charge is 0.393 e. The molecule has 0 aromatic rings.